The summed E-state index contributed by atoms with van der Waals surface area (Å²) in [5.74, 6) is -0.0978. The Labute approximate surface area is 269 Å². The molecule has 1 atom stereocenters. The lowest BCUT2D eigenvalue weighted by atomic mass is 9.69. The quantitative estimate of drug-likeness (QED) is 0.275. The van der Waals surface area contributed by atoms with E-state index in [1.54, 1.807) is 18.2 Å². The maximum Gasteiger partial charge on any atom is 0.275 e. The average Bonchev–Trinajstić information content (AvgIpc) is 3.58. The summed E-state index contributed by atoms with van der Waals surface area (Å²) >= 11 is 6.25. The van der Waals surface area contributed by atoms with Crippen molar-refractivity contribution >= 4 is 29.1 Å². The summed E-state index contributed by atoms with van der Waals surface area (Å²) in [5.41, 5.74) is 1.47. The molecule has 0 radical (unpaired) electrons. The first kappa shape index (κ1) is 32.7. The van der Waals surface area contributed by atoms with E-state index in [0.717, 1.165) is 37.7 Å². The second-order valence-electron chi connectivity index (χ2n) is 14.7. The number of nitrogens with zero attached hydrogens (tertiary/aromatic N) is 5. The fraction of sp³-hybridized carbons (Fsp3) is 0.529. The van der Waals surface area contributed by atoms with Crippen molar-refractivity contribution in [3.05, 3.63) is 75.8 Å². The number of hydrogen-bond donors (Lipinski definition) is 2. The van der Waals surface area contributed by atoms with E-state index in [4.69, 9.17) is 16.6 Å². The average molecular weight is 636 g/mol. The van der Waals surface area contributed by atoms with Gasteiger partial charge in [0.1, 0.15) is 17.2 Å². The number of tetrazole rings is 1. The molecule has 1 aliphatic heterocycles. The zero-order valence-electron chi connectivity index (χ0n) is 27.0. The number of nitrogens with one attached hydrogen (secondary N) is 2. The lowest BCUT2D eigenvalue weighted by molar-refractivity contribution is -0.134. The molecule has 1 saturated carbocycles. The highest BCUT2D eigenvalue weighted by atomic mass is 35.5. The highest BCUT2D eigenvalue weighted by Crippen LogP contribution is 2.50. The van der Waals surface area contributed by atoms with E-state index < -0.39 is 11.5 Å². The molecule has 1 aromatic heterocycles. The van der Waals surface area contributed by atoms with Crippen LogP contribution in [0, 0.1) is 22.6 Å². The molecular weight excluding hydrogens is 593 g/mol. The molecule has 2 amide bonds. The number of benzene rings is 2. The first-order chi connectivity index (χ1) is 21.1. The molecule has 2 heterocycles. The van der Waals surface area contributed by atoms with Crippen LogP contribution in [0.4, 0.5) is 4.39 Å². The van der Waals surface area contributed by atoms with Crippen LogP contribution in [0.3, 0.4) is 0 Å². The van der Waals surface area contributed by atoms with Crippen molar-refractivity contribution in [2.24, 2.45) is 21.7 Å². The number of aromatic nitrogens is 4. The largest absolute Gasteiger partial charge is 0.345 e. The Kier molecular flexibility index (Phi) is 9.18. The molecule has 11 heteroatoms. The fourth-order valence-electron chi connectivity index (χ4n) is 6.61. The molecule has 45 heavy (non-hydrogen) atoms. The molecule has 1 fully saturated rings. The van der Waals surface area contributed by atoms with E-state index >= 15 is 0 Å². The van der Waals surface area contributed by atoms with E-state index in [2.05, 4.69) is 67.5 Å². The minimum absolute atomic E-state index is 0.0207. The number of carbonyl (C=O) groups is 2. The van der Waals surface area contributed by atoms with Crippen LogP contribution in [0.2, 0.25) is 5.02 Å². The number of rotatable bonds is 8. The van der Waals surface area contributed by atoms with E-state index in [1.165, 1.54) is 12.1 Å². The predicted octanol–water partition coefficient (Wildman–Crippen LogP) is 7.05. The van der Waals surface area contributed by atoms with Crippen molar-refractivity contribution < 1.29 is 14.0 Å². The van der Waals surface area contributed by atoms with E-state index in [0.29, 0.717) is 29.3 Å². The standard InChI is InChI=1S/C34H43ClFN7O2/c1-32(2,3)14-13-27(21-7-9-22(10-8-21)30(44)37-20-28-39-41-42-40-28)43-31(45)29(23-17-25(35)19-26(36)18-23)38-34(43)15-11-24(12-16-34)33(4,5)6/h7-10,17-19,24,27H,11-16,20H2,1-6H3,(H,37,44)(H,39,40,41,42)/t24?,27-,34?/m1/s1. The second kappa shape index (κ2) is 12.6. The lowest BCUT2D eigenvalue weighted by Gasteiger charge is -2.47. The van der Waals surface area contributed by atoms with Gasteiger partial charge in [-0.3, -0.25) is 14.6 Å². The maximum atomic E-state index is 14.5. The van der Waals surface area contributed by atoms with Gasteiger partial charge in [-0.25, -0.2) is 4.39 Å². The minimum Gasteiger partial charge on any atom is -0.345 e. The highest BCUT2D eigenvalue weighted by Gasteiger charge is 2.52. The van der Waals surface area contributed by atoms with Gasteiger partial charge in [0.25, 0.3) is 11.8 Å². The highest BCUT2D eigenvalue weighted by molar-refractivity contribution is 6.47. The monoisotopic (exact) mass is 635 g/mol. The summed E-state index contributed by atoms with van der Waals surface area (Å²) in [6.07, 6.45) is 4.86. The van der Waals surface area contributed by atoms with Gasteiger partial charge in [-0.05, 0) is 91.2 Å². The Bertz CT molecular complexity index is 1530. The van der Waals surface area contributed by atoms with Crippen molar-refractivity contribution in [1.29, 1.82) is 0 Å². The van der Waals surface area contributed by atoms with Crippen molar-refractivity contribution in [3.8, 4) is 0 Å². The Hall–Kier alpha value is -3.66. The summed E-state index contributed by atoms with van der Waals surface area (Å²) in [7, 11) is 0. The number of carbonyl (C=O) groups excluding carboxylic acids is 2. The molecule has 1 spiro atoms. The van der Waals surface area contributed by atoms with Crippen LogP contribution in [0.15, 0.2) is 47.5 Å². The van der Waals surface area contributed by atoms with Crippen LogP contribution in [0.1, 0.15) is 113 Å². The van der Waals surface area contributed by atoms with Crippen LogP contribution >= 0.6 is 11.6 Å². The number of H-pyrrole nitrogens is 1. The molecule has 5 rings (SSSR count). The minimum atomic E-state index is -0.754. The lowest BCUT2D eigenvalue weighted by Crippen LogP contribution is -2.51. The zero-order valence-corrected chi connectivity index (χ0v) is 27.7. The smallest absolute Gasteiger partial charge is 0.275 e. The third-order valence-electron chi connectivity index (χ3n) is 9.17. The van der Waals surface area contributed by atoms with Crippen molar-refractivity contribution in [3.63, 3.8) is 0 Å². The van der Waals surface area contributed by atoms with Crippen LogP contribution in [0.25, 0.3) is 0 Å². The molecule has 0 unspecified atom stereocenters. The van der Waals surface area contributed by atoms with Crippen molar-refractivity contribution in [2.75, 3.05) is 0 Å². The van der Waals surface area contributed by atoms with Gasteiger partial charge in [0, 0.05) is 16.1 Å². The van der Waals surface area contributed by atoms with Gasteiger partial charge in [0.2, 0.25) is 0 Å². The SMILES string of the molecule is CC(C)(C)CC[C@H](c1ccc(C(=O)NCc2nn[nH]n2)cc1)N1C(=O)C(c2cc(F)cc(Cl)c2)=NC12CCC(C(C)(C)C)CC2. The molecule has 240 valence electrons. The summed E-state index contributed by atoms with van der Waals surface area (Å²) in [6, 6.07) is 11.3. The Morgan fingerprint density at radius 3 is 2.38 bits per heavy atom. The van der Waals surface area contributed by atoms with Gasteiger partial charge in [-0.2, -0.15) is 5.21 Å². The van der Waals surface area contributed by atoms with Gasteiger partial charge < -0.3 is 10.2 Å². The predicted molar refractivity (Wildman–Crippen MR) is 172 cm³/mol. The molecule has 2 aliphatic rings. The van der Waals surface area contributed by atoms with Crippen molar-refractivity contribution in [2.45, 2.75) is 98.3 Å². The van der Waals surface area contributed by atoms with Crippen LogP contribution in [-0.4, -0.2) is 48.7 Å². The first-order valence-electron chi connectivity index (χ1n) is 15.7. The van der Waals surface area contributed by atoms with E-state index in [1.807, 2.05) is 17.0 Å². The van der Waals surface area contributed by atoms with Gasteiger partial charge >= 0.3 is 0 Å². The molecule has 2 aromatic carbocycles. The Morgan fingerprint density at radius 1 is 1.11 bits per heavy atom. The third kappa shape index (κ3) is 7.43. The molecule has 3 aromatic rings. The van der Waals surface area contributed by atoms with E-state index in [-0.39, 0.29) is 46.0 Å². The van der Waals surface area contributed by atoms with Gasteiger partial charge in [0.15, 0.2) is 5.82 Å². The van der Waals surface area contributed by atoms with Crippen LogP contribution in [-0.2, 0) is 11.3 Å². The number of amides is 2. The van der Waals surface area contributed by atoms with E-state index in [9.17, 15) is 14.0 Å². The fourth-order valence-corrected chi connectivity index (χ4v) is 6.83. The molecule has 0 saturated heterocycles. The van der Waals surface area contributed by atoms with Crippen molar-refractivity contribution in [1.82, 2.24) is 30.8 Å². The first-order valence-corrected chi connectivity index (χ1v) is 16.0. The normalized spacial score (nSPS) is 21.2. The number of aliphatic imine (C=N–C) groups is 1. The van der Waals surface area contributed by atoms with Gasteiger partial charge in [-0.15, -0.1) is 10.2 Å². The molecular formula is C34H43ClFN7O2. The Balaban J connectivity index is 1.51. The second-order valence-corrected chi connectivity index (χ2v) is 15.1. The topological polar surface area (TPSA) is 116 Å². The summed E-state index contributed by atoms with van der Waals surface area (Å²) in [6.45, 7) is 13.5. The molecule has 9 nitrogen and oxygen atoms in total. The summed E-state index contributed by atoms with van der Waals surface area (Å²) in [5, 5.41) is 16.7. The molecule has 1 aliphatic carbocycles. The number of halogens is 2. The summed E-state index contributed by atoms with van der Waals surface area (Å²) < 4.78 is 14.5. The Morgan fingerprint density at radius 2 is 1.80 bits per heavy atom. The van der Waals surface area contributed by atoms with Crippen LogP contribution in [0.5, 0.6) is 0 Å². The molecule has 2 N–H and O–H groups in total. The summed E-state index contributed by atoms with van der Waals surface area (Å²) in [4.78, 5) is 34.6. The zero-order chi connectivity index (χ0) is 32.6. The number of aromatic amines is 1. The van der Waals surface area contributed by atoms with Gasteiger partial charge in [-0.1, -0.05) is 70.5 Å². The number of hydrogen-bond acceptors (Lipinski definition) is 6. The maximum absolute atomic E-state index is 14.5. The third-order valence-corrected chi connectivity index (χ3v) is 9.39. The van der Waals surface area contributed by atoms with Gasteiger partial charge in [0.05, 0.1) is 12.6 Å². The van der Waals surface area contributed by atoms with Crippen LogP contribution < -0.4 is 5.32 Å². The molecule has 0 bridgehead atoms.